The summed E-state index contributed by atoms with van der Waals surface area (Å²) in [7, 11) is 0. The van der Waals surface area contributed by atoms with E-state index in [9.17, 15) is 4.39 Å². The van der Waals surface area contributed by atoms with Gasteiger partial charge in [0.1, 0.15) is 0 Å². The van der Waals surface area contributed by atoms with Crippen molar-refractivity contribution in [1.29, 1.82) is 0 Å². The van der Waals surface area contributed by atoms with Crippen LogP contribution >= 0.6 is 0 Å². The second-order valence-electron chi connectivity index (χ2n) is 2.49. The Morgan fingerprint density at radius 2 is 2.08 bits per heavy atom. The van der Waals surface area contributed by atoms with Gasteiger partial charge in [0.2, 0.25) is 0 Å². The van der Waals surface area contributed by atoms with Crippen LogP contribution in [-0.2, 0) is 0 Å². The smallest absolute Gasteiger partial charge is 0.152 e. The Hall–Kier alpha value is -1.38. The Morgan fingerprint density at radius 1 is 1.38 bits per heavy atom. The predicted molar refractivity (Wildman–Crippen MR) is 52.1 cm³/mol. The molecule has 0 saturated carbocycles. The highest BCUT2D eigenvalue weighted by Gasteiger charge is 2.05. The number of nitrogens with zero attached hydrogens (tertiary/aromatic N) is 1. The van der Waals surface area contributed by atoms with Gasteiger partial charge in [0, 0.05) is 18.1 Å². The summed E-state index contributed by atoms with van der Waals surface area (Å²) in [5.74, 6) is -0.201. The molecule has 0 fully saturated rings. The van der Waals surface area contributed by atoms with Crippen molar-refractivity contribution in [1.82, 2.24) is 9.97 Å². The summed E-state index contributed by atoms with van der Waals surface area (Å²) in [6, 6.07) is 1.76. The molecule has 2 aromatic rings. The molecule has 70 valence electrons. The number of rotatable bonds is 0. The Balaban J connectivity index is 0.000000396. The van der Waals surface area contributed by atoms with Crippen LogP contribution in [0.1, 0.15) is 19.5 Å². The van der Waals surface area contributed by atoms with Crippen molar-refractivity contribution in [2.45, 2.75) is 20.8 Å². The Bertz CT molecular complexity index is 393. The van der Waals surface area contributed by atoms with Crippen LogP contribution in [0.15, 0.2) is 18.5 Å². The molecule has 0 spiro atoms. The van der Waals surface area contributed by atoms with Crippen LogP contribution in [0.5, 0.6) is 0 Å². The van der Waals surface area contributed by atoms with E-state index in [1.54, 1.807) is 19.2 Å². The van der Waals surface area contributed by atoms with E-state index in [0.29, 0.717) is 11.1 Å². The summed E-state index contributed by atoms with van der Waals surface area (Å²) in [6.07, 6.45) is 3.16. The van der Waals surface area contributed by atoms with Crippen LogP contribution < -0.4 is 0 Å². The third-order valence-electron chi connectivity index (χ3n) is 1.71. The molecule has 2 nitrogen and oxygen atoms in total. The second kappa shape index (κ2) is 4.03. The molecule has 0 atom stereocenters. The molecule has 0 aromatic carbocycles. The number of hydrogen-bond acceptors (Lipinski definition) is 1. The highest BCUT2D eigenvalue weighted by molar-refractivity contribution is 5.79. The monoisotopic (exact) mass is 180 g/mol. The molecule has 0 saturated heterocycles. The molecule has 0 amide bonds. The largest absolute Gasteiger partial charge is 0.356 e. The fraction of sp³-hybridized carbons (Fsp3) is 0.300. The number of hydrogen-bond donors (Lipinski definition) is 1. The molecule has 2 rings (SSSR count). The lowest BCUT2D eigenvalue weighted by molar-refractivity contribution is 0.629. The van der Waals surface area contributed by atoms with E-state index < -0.39 is 0 Å². The predicted octanol–water partition coefficient (Wildman–Crippen LogP) is 3.04. The van der Waals surface area contributed by atoms with Gasteiger partial charge in [-0.2, -0.15) is 0 Å². The summed E-state index contributed by atoms with van der Waals surface area (Å²) < 4.78 is 13.1. The zero-order valence-electron chi connectivity index (χ0n) is 8.06. The van der Waals surface area contributed by atoms with Crippen molar-refractivity contribution in [3.8, 4) is 0 Å². The standard InChI is InChI=1S/C8H7FN2.C2H6/c1-5-8(9)6-4-10-3-2-7(6)11-5;1-2/h2-4,11H,1H3;1-2H3. The molecule has 2 aromatic heterocycles. The maximum Gasteiger partial charge on any atom is 0.152 e. The summed E-state index contributed by atoms with van der Waals surface area (Å²) in [6.45, 7) is 5.70. The van der Waals surface area contributed by atoms with Crippen molar-refractivity contribution < 1.29 is 4.39 Å². The normalized spacial score (nSPS) is 9.54. The molecule has 13 heavy (non-hydrogen) atoms. The summed E-state index contributed by atoms with van der Waals surface area (Å²) in [4.78, 5) is 6.74. The molecule has 0 radical (unpaired) electrons. The Labute approximate surface area is 76.8 Å². The van der Waals surface area contributed by atoms with E-state index in [4.69, 9.17) is 0 Å². The summed E-state index contributed by atoms with van der Waals surface area (Å²) >= 11 is 0. The van der Waals surface area contributed by atoms with E-state index in [1.807, 2.05) is 13.8 Å². The first-order chi connectivity index (χ1) is 6.29. The molecule has 2 heterocycles. The van der Waals surface area contributed by atoms with Crippen LogP contribution in [0.25, 0.3) is 10.9 Å². The van der Waals surface area contributed by atoms with Crippen LogP contribution in [0.3, 0.4) is 0 Å². The SMILES string of the molecule is CC.Cc1[nH]c2ccncc2c1F. The molecule has 3 heteroatoms. The maximum absolute atomic E-state index is 13.1. The lowest BCUT2D eigenvalue weighted by Gasteiger charge is -1.84. The molecule has 0 aliphatic carbocycles. The molecule has 0 aliphatic rings. The van der Waals surface area contributed by atoms with Crippen molar-refractivity contribution >= 4 is 10.9 Å². The molecule has 0 aliphatic heterocycles. The van der Waals surface area contributed by atoms with E-state index >= 15 is 0 Å². The first-order valence-corrected chi connectivity index (χ1v) is 4.37. The topological polar surface area (TPSA) is 28.7 Å². The second-order valence-corrected chi connectivity index (χ2v) is 2.49. The average molecular weight is 180 g/mol. The zero-order valence-corrected chi connectivity index (χ0v) is 8.06. The zero-order chi connectivity index (χ0) is 9.84. The molecular weight excluding hydrogens is 167 g/mol. The number of nitrogens with one attached hydrogen (secondary N) is 1. The van der Waals surface area contributed by atoms with Gasteiger partial charge < -0.3 is 4.98 Å². The minimum Gasteiger partial charge on any atom is -0.356 e. The van der Waals surface area contributed by atoms with Crippen LogP contribution in [-0.4, -0.2) is 9.97 Å². The van der Waals surface area contributed by atoms with Gasteiger partial charge >= 0.3 is 0 Å². The van der Waals surface area contributed by atoms with Crippen molar-refractivity contribution in [2.24, 2.45) is 0 Å². The number of aromatic nitrogens is 2. The van der Waals surface area contributed by atoms with Gasteiger partial charge in [-0.15, -0.1) is 0 Å². The lowest BCUT2D eigenvalue weighted by Crippen LogP contribution is -1.73. The van der Waals surface area contributed by atoms with E-state index in [2.05, 4.69) is 9.97 Å². The average Bonchev–Trinajstić information content (AvgIpc) is 2.47. The van der Waals surface area contributed by atoms with Crippen LogP contribution in [0.2, 0.25) is 0 Å². The number of pyridine rings is 1. The van der Waals surface area contributed by atoms with Crippen molar-refractivity contribution in [3.05, 3.63) is 30.0 Å². The van der Waals surface area contributed by atoms with E-state index in [-0.39, 0.29) is 5.82 Å². The van der Waals surface area contributed by atoms with Gasteiger partial charge in [-0.25, -0.2) is 4.39 Å². The summed E-state index contributed by atoms with van der Waals surface area (Å²) in [5, 5.41) is 0.560. The van der Waals surface area contributed by atoms with E-state index in [0.717, 1.165) is 5.52 Å². The van der Waals surface area contributed by atoms with Gasteiger partial charge in [0.05, 0.1) is 10.9 Å². The first-order valence-electron chi connectivity index (χ1n) is 4.37. The van der Waals surface area contributed by atoms with Gasteiger partial charge in [-0.1, -0.05) is 13.8 Å². The third-order valence-corrected chi connectivity index (χ3v) is 1.71. The van der Waals surface area contributed by atoms with Crippen molar-refractivity contribution in [2.75, 3.05) is 0 Å². The number of aromatic amines is 1. The lowest BCUT2D eigenvalue weighted by atomic mass is 10.3. The molecule has 0 bridgehead atoms. The fourth-order valence-corrected chi connectivity index (χ4v) is 1.14. The molecule has 1 N–H and O–H groups in total. The summed E-state index contributed by atoms with van der Waals surface area (Å²) in [5.41, 5.74) is 1.36. The van der Waals surface area contributed by atoms with Crippen molar-refractivity contribution in [3.63, 3.8) is 0 Å². The minimum absolute atomic E-state index is 0.201. The van der Waals surface area contributed by atoms with Crippen LogP contribution in [0.4, 0.5) is 4.39 Å². The maximum atomic E-state index is 13.1. The number of fused-ring (bicyclic) bond motifs is 1. The van der Waals surface area contributed by atoms with Gasteiger partial charge in [0.15, 0.2) is 5.82 Å². The molecular formula is C10H13FN2. The minimum atomic E-state index is -0.201. The number of halogens is 1. The Kier molecular flexibility index (Phi) is 3.01. The Morgan fingerprint density at radius 3 is 2.69 bits per heavy atom. The third kappa shape index (κ3) is 1.69. The number of H-pyrrole nitrogens is 1. The van der Waals surface area contributed by atoms with Gasteiger partial charge in [-0.3, -0.25) is 4.98 Å². The quantitative estimate of drug-likeness (QED) is 0.663. The first kappa shape index (κ1) is 9.71. The number of aryl methyl sites for hydroxylation is 1. The highest BCUT2D eigenvalue weighted by Crippen LogP contribution is 2.17. The highest BCUT2D eigenvalue weighted by atomic mass is 19.1. The fourth-order valence-electron chi connectivity index (χ4n) is 1.14. The van der Waals surface area contributed by atoms with E-state index in [1.165, 1.54) is 6.20 Å². The van der Waals surface area contributed by atoms with Crippen LogP contribution in [0, 0.1) is 12.7 Å². The van der Waals surface area contributed by atoms with Gasteiger partial charge in [-0.05, 0) is 13.0 Å². The van der Waals surface area contributed by atoms with Gasteiger partial charge in [0.25, 0.3) is 0 Å². The molecule has 0 unspecified atom stereocenters.